The molecule has 154 valence electrons. The van der Waals surface area contributed by atoms with Crippen molar-refractivity contribution < 1.29 is 13.5 Å². The van der Waals surface area contributed by atoms with Crippen LogP contribution in [0.25, 0.3) is 22.4 Å². The van der Waals surface area contributed by atoms with Gasteiger partial charge in [0.15, 0.2) is 11.6 Å². The van der Waals surface area contributed by atoms with Crippen LogP contribution in [0.4, 0.5) is 8.78 Å². The molecule has 4 rings (SSSR count). The Bertz CT molecular complexity index is 1130. The summed E-state index contributed by atoms with van der Waals surface area (Å²) in [5.41, 5.74) is 3.38. The van der Waals surface area contributed by atoms with Gasteiger partial charge in [0, 0.05) is 16.8 Å². The maximum Gasteiger partial charge on any atom is 0.165 e. The summed E-state index contributed by atoms with van der Waals surface area (Å²) in [6, 6.07) is 11.3. The largest absolute Gasteiger partial charge is 0.494 e. The summed E-state index contributed by atoms with van der Waals surface area (Å²) < 4.78 is 35.8. The molecule has 0 bridgehead atoms. The Labute approximate surface area is 173 Å². The van der Waals surface area contributed by atoms with Crippen molar-refractivity contribution in [2.24, 2.45) is 0 Å². The predicted octanol–water partition coefficient (Wildman–Crippen LogP) is 4.61. The molecular formula is C23H22F2N4O. The Morgan fingerprint density at radius 2 is 1.80 bits per heavy atom. The molecule has 2 aromatic carbocycles. The van der Waals surface area contributed by atoms with E-state index in [1.807, 2.05) is 17.7 Å². The topological polar surface area (TPSA) is 62.9 Å². The lowest BCUT2D eigenvalue weighted by Gasteiger charge is -2.24. The molecule has 1 N–H and O–H groups in total. The number of rotatable bonds is 4. The Morgan fingerprint density at radius 1 is 1.10 bits per heavy atom. The van der Waals surface area contributed by atoms with Crippen LogP contribution in [0, 0.1) is 29.9 Å². The van der Waals surface area contributed by atoms with Crippen LogP contribution in [0.15, 0.2) is 36.4 Å². The zero-order chi connectivity index (χ0) is 21.3. The molecule has 3 aromatic rings. The number of ether oxygens (including phenoxy) is 1. The van der Waals surface area contributed by atoms with Crippen molar-refractivity contribution in [3.63, 3.8) is 0 Å². The zero-order valence-corrected chi connectivity index (χ0v) is 16.9. The van der Waals surface area contributed by atoms with Crippen molar-refractivity contribution in [1.82, 2.24) is 15.1 Å². The quantitative estimate of drug-likeness (QED) is 0.685. The van der Waals surface area contributed by atoms with Gasteiger partial charge in [0.25, 0.3) is 0 Å². The molecule has 0 unspecified atom stereocenters. The molecule has 1 saturated heterocycles. The minimum Gasteiger partial charge on any atom is -0.494 e. The summed E-state index contributed by atoms with van der Waals surface area (Å²) in [4.78, 5) is 0. The van der Waals surface area contributed by atoms with Gasteiger partial charge in [0.05, 0.1) is 18.7 Å². The summed E-state index contributed by atoms with van der Waals surface area (Å²) in [6.45, 7) is 3.75. The number of benzene rings is 2. The number of aromatic nitrogens is 2. The number of nitrogens with zero attached hydrogens (tertiary/aromatic N) is 3. The van der Waals surface area contributed by atoms with E-state index in [1.165, 1.54) is 25.3 Å². The van der Waals surface area contributed by atoms with Gasteiger partial charge < -0.3 is 10.1 Å². The summed E-state index contributed by atoms with van der Waals surface area (Å²) in [5.74, 6) is -0.920. The van der Waals surface area contributed by atoms with Crippen LogP contribution in [-0.4, -0.2) is 30.0 Å². The van der Waals surface area contributed by atoms with E-state index in [4.69, 9.17) is 15.1 Å². The van der Waals surface area contributed by atoms with E-state index in [0.717, 1.165) is 37.2 Å². The molecule has 5 nitrogen and oxygen atoms in total. The Morgan fingerprint density at radius 3 is 2.43 bits per heavy atom. The Hall–Kier alpha value is -3.24. The minimum absolute atomic E-state index is 0.0146. The predicted molar refractivity (Wildman–Crippen MR) is 110 cm³/mol. The van der Waals surface area contributed by atoms with E-state index in [1.54, 1.807) is 18.2 Å². The lowest BCUT2D eigenvalue weighted by atomic mass is 9.97. The number of methoxy groups -OCH3 is 1. The second-order valence-corrected chi connectivity index (χ2v) is 7.39. The molecule has 7 heteroatoms. The maximum absolute atomic E-state index is 14.4. The Balaban J connectivity index is 1.90. The molecule has 1 aliphatic rings. The number of piperidine rings is 1. The summed E-state index contributed by atoms with van der Waals surface area (Å²) in [6.07, 6.45) is 1.86. The summed E-state index contributed by atoms with van der Waals surface area (Å²) in [5, 5.41) is 17.2. The highest BCUT2D eigenvalue weighted by Gasteiger charge is 2.25. The van der Waals surface area contributed by atoms with Crippen molar-refractivity contribution in [1.29, 1.82) is 5.26 Å². The van der Waals surface area contributed by atoms with Crippen LogP contribution < -0.4 is 10.1 Å². The van der Waals surface area contributed by atoms with Crippen LogP contribution in [0.5, 0.6) is 5.75 Å². The van der Waals surface area contributed by atoms with E-state index in [2.05, 4.69) is 5.32 Å². The van der Waals surface area contributed by atoms with Crippen molar-refractivity contribution in [2.45, 2.75) is 25.8 Å². The molecule has 1 fully saturated rings. The van der Waals surface area contributed by atoms with E-state index in [9.17, 15) is 8.78 Å². The van der Waals surface area contributed by atoms with Gasteiger partial charge in [-0.3, -0.25) is 4.68 Å². The fourth-order valence-corrected chi connectivity index (χ4v) is 4.05. The molecule has 0 aliphatic carbocycles. The first-order valence-electron chi connectivity index (χ1n) is 9.87. The number of hydrogen-bond donors (Lipinski definition) is 1. The third-order valence-electron chi connectivity index (χ3n) is 5.61. The van der Waals surface area contributed by atoms with E-state index >= 15 is 0 Å². The molecule has 0 spiro atoms. The first kappa shape index (κ1) is 20.0. The van der Waals surface area contributed by atoms with Crippen LogP contribution in [-0.2, 0) is 0 Å². The van der Waals surface area contributed by atoms with Gasteiger partial charge in [0.2, 0.25) is 0 Å². The molecule has 1 aliphatic heterocycles. The first-order valence-corrected chi connectivity index (χ1v) is 9.87. The second kappa shape index (κ2) is 8.25. The molecule has 30 heavy (non-hydrogen) atoms. The lowest BCUT2D eigenvalue weighted by molar-refractivity contribution is 0.339. The van der Waals surface area contributed by atoms with Gasteiger partial charge >= 0.3 is 0 Å². The standard InChI is InChI=1S/C23H22F2N4O/c1-14-22(15-3-4-17(13-26)19(24)11-15)23(16-5-6-21(30-2)20(25)12-16)28-29(14)18-7-9-27-10-8-18/h3-6,11-12,18,27H,7-10H2,1-2H3. The van der Waals surface area contributed by atoms with Crippen molar-refractivity contribution >= 4 is 0 Å². The number of halogens is 2. The molecular weight excluding hydrogens is 386 g/mol. The molecule has 0 atom stereocenters. The lowest BCUT2D eigenvalue weighted by Crippen LogP contribution is -2.30. The third kappa shape index (κ3) is 3.55. The average molecular weight is 408 g/mol. The Kier molecular flexibility index (Phi) is 5.51. The fraction of sp³-hybridized carbons (Fsp3) is 0.304. The van der Waals surface area contributed by atoms with E-state index in [-0.39, 0.29) is 17.4 Å². The minimum atomic E-state index is -0.587. The molecule has 2 heterocycles. The number of hydrogen-bond acceptors (Lipinski definition) is 4. The van der Waals surface area contributed by atoms with Crippen molar-refractivity contribution in [3.05, 3.63) is 59.3 Å². The SMILES string of the molecule is COc1ccc(-c2nn(C3CCNCC3)c(C)c2-c2ccc(C#N)c(F)c2)cc1F. The van der Waals surface area contributed by atoms with E-state index < -0.39 is 11.6 Å². The van der Waals surface area contributed by atoms with Gasteiger partial charge in [-0.15, -0.1) is 0 Å². The second-order valence-electron chi connectivity index (χ2n) is 7.39. The van der Waals surface area contributed by atoms with Gasteiger partial charge in [-0.1, -0.05) is 6.07 Å². The van der Waals surface area contributed by atoms with Gasteiger partial charge in [-0.2, -0.15) is 10.4 Å². The van der Waals surface area contributed by atoms with Crippen LogP contribution in [0.3, 0.4) is 0 Å². The average Bonchev–Trinajstić information content (AvgIpc) is 3.11. The highest BCUT2D eigenvalue weighted by atomic mass is 19.1. The fourth-order valence-electron chi connectivity index (χ4n) is 4.05. The van der Waals surface area contributed by atoms with Crippen LogP contribution in [0.1, 0.15) is 30.1 Å². The molecule has 0 amide bonds. The van der Waals surface area contributed by atoms with Crippen LogP contribution >= 0.6 is 0 Å². The highest BCUT2D eigenvalue weighted by Crippen LogP contribution is 2.38. The monoisotopic (exact) mass is 408 g/mol. The number of nitriles is 1. The number of nitrogens with one attached hydrogen (secondary N) is 1. The summed E-state index contributed by atoms with van der Waals surface area (Å²) in [7, 11) is 1.42. The van der Waals surface area contributed by atoms with Crippen molar-refractivity contribution in [2.75, 3.05) is 20.2 Å². The summed E-state index contributed by atoms with van der Waals surface area (Å²) >= 11 is 0. The van der Waals surface area contributed by atoms with Gasteiger partial charge in [-0.05, 0) is 68.8 Å². The highest BCUT2D eigenvalue weighted by molar-refractivity contribution is 5.83. The zero-order valence-electron chi connectivity index (χ0n) is 16.9. The van der Waals surface area contributed by atoms with Crippen LogP contribution in [0.2, 0.25) is 0 Å². The maximum atomic E-state index is 14.4. The van der Waals surface area contributed by atoms with Crippen molar-refractivity contribution in [3.8, 4) is 34.2 Å². The molecule has 0 saturated carbocycles. The van der Waals surface area contributed by atoms with Gasteiger partial charge in [0.1, 0.15) is 17.6 Å². The van der Waals surface area contributed by atoms with Gasteiger partial charge in [-0.25, -0.2) is 8.78 Å². The normalized spacial score (nSPS) is 14.5. The third-order valence-corrected chi connectivity index (χ3v) is 5.61. The van der Waals surface area contributed by atoms with E-state index in [0.29, 0.717) is 16.8 Å². The molecule has 0 radical (unpaired) electrons. The first-order chi connectivity index (χ1) is 14.5. The smallest absolute Gasteiger partial charge is 0.165 e. The molecule has 1 aromatic heterocycles.